The number of hydrogen-bond acceptors (Lipinski definition) is 4. The number of pyridine rings is 1. The molecule has 3 heterocycles. The van der Waals surface area contributed by atoms with E-state index >= 15 is 0 Å². The number of dihydropyridines is 1. The molecule has 4 rings (SSSR count). The average molecular weight is 429 g/mol. The van der Waals surface area contributed by atoms with Crippen LogP contribution in [-0.2, 0) is 12.1 Å². The highest BCUT2D eigenvalue weighted by atomic mass is 19.3. The van der Waals surface area contributed by atoms with Gasteiger partial charge >= 0.3 is 5.69 Å². The number of hydrogen-bond donors (Lipinski definition) is 2. The smallest absolute Gasteiger partial charge is 0.350 e. The summed E-state index contributed by atoms with van der Waals surface area (Å²) >= 11 is 0. The van der Waals surface area contributed by atoms with E-state index in [-0.39, 0.29) is 23.6 Å². The first-order chi connectivity index (χ1) is 14.9. The molecule has 160 valence electrons. The summed E-state index contributed by atoms with van der Waals surface area (Å²) in [6, 6.07) is 8.80. The third kappa shape index (κ3) is 4.09. The lowest BCUT2D eigenvalue weighted by Crippen LogP contribution is -2.48. The number of aromatic nitrogens is 3. The molecule has 3 aromatic rings. The van der Waals surface area contributed by atoms with Gasteiger partial charge in [-0.1, -0.05) is 24.3 Å². The van der Waals surface area contributed by atoms with Crippen molar-refractivity contribution in [1.29, 1.82) is 0 Å². The van der Waals surface area contributed by atoms with E-state index in [0.29, 0.717) is 4.68 Å². The van der Waals surface area contributed by atoms with Gasteiger partial charge in [0.1, 0.15) is 12.4 Å². The van der Waals surface area contributed by atoms with Crippen LogP contribution in [0.3, 0.4) is 0 Å². The van der Waals surface area contributed by atoms with Gasteiger partial charge in [-0.25, -0.2) is 27.0 Å². The minimum Gasteiger partial charge on any atom is -0.377 e. The van der Waals surface area contributed by atoms with E-state index in [1.807, 2.05) is 12.2 Å². The van der Waals surface area contributed by atoms with Crippen molar-refractivity contribution in [3.63, 3.8) is 0 Å². The Morgan fingerprint density at radius 3 is 2.61 bits per heavy atom. The lowest BCUT2D eigenvalue weighted by molar-refractivity contribution is 0.0944. The van der Waals surface area contributed by atoms with Crippen molar-refractivity contribution in [1.82, 2.24) is 24.8 Å². The van der Waals surface area contributed by atoms with Crippen molar-refractivity contribution >= 4 is 11.6 Å². The molecule has 0 radical (unpaired) electrons. The maximum absolute atomic E-state index is 13.3. The summed E-state index contributed by atoms with van der Waals surface area (Å²) in [5.74, 6) is -0.842. The van der Waals surface area contributed by atoms with Crippen molar-refractivity contribution < 1.29 is 18.0 Å². The summed E-state index contributed by atoms with van der Waals surface area (Å²) in [5.41, 5.74) is -0.478. The molecule has 31 heavy (non-hydrogen) atoms. The number of carbonyl (C=O) groups excluding carboxylic acids is 1. The second-order valence-electron chi connectivity index (χ2n) is 7.03. The average Bonchev–Trinajstić information content (AvgIpc) is 3.07. The molecule has 2 aromatic heterocycles. The molecule has 1 aromatic carbocycles. The molecule has 2 N–H and O–H groups in total. The number of amides is 1. The Balaban J connectivity index is 1.57. The molecule has 0 aliphatic carbocycles. The number of benzene rings is 1. The fourth-order valence-electron chi connectivity index (χ4n) is 3.38. The number of halogens is 3. The first kappa shape index (κ1) is 20.5. The van der Waals surface area contributed by atoms with E-state index in [2.05, 4.69) is 15.7 Å². The number of nitrogens with zero attached hydrogens (tertiary/aromatic N) is 3. The van der Waals surface area contributed by atoms with Gasteiger partial charge in [-0.2, -0.15) is 0 Å². The van der Waals surface area contributed by atoms with Gasteiger partial charge in [-0.15, -0.1) is 5.10 Å². The van der Waals surface area contributed by atoms with Crippen molar-refractivity contribution in [2.24, 2.45) is 0 Å². The quantitative estimate of drug-likeness (QED) is 0.630. The molecular weight excluding hydrogens is 411 g/mol. The molecule has 1 atom stereocenters. The molecule has 1 aliphatic rings. The van der Waals surface area contributed by atoms with E-state index in [9.17, 15) is 22.8 Å². The lowest BCUT2D eigenvalue weighted by atomic mass is 9.88. The molecule has 1 amide bonds. The zero-order valence-corrected chi connectivity index (χ0v) is 16.1. The van der Waals surface area contributed by atoms with Crippen molar-refractivity contribution in [3.05, 3.63) is 94.5 Å². The number of rotatable bonds is 6. The molecule has 1 unspecified atom stereocenters. The number of carbonyl (C=O) groups is 1. The van der Waals surface area contributed by atoms with Crippen molar-refractivity contribution in [2.75, 3.05) is 6.54 Å². The summed E-state index contributed by atoms with van der Waals surface area (Å²) in [4.78, 5) is 25.0. The highest BCUT2D eigenvalue weighted by Crippen LogP contribution is 2.25. The molecule has 0 spiro atoms. The summed E-state index contributed by atoms with van der Waals surface area (Å²) in [5, 5.41) is 9.82. The normalized spacial score (nSPS) is 17.8. The summed E-state index contributed by atoms with van der Waals surface area (Å²) in [6.07, 6.45) is 5.71. The molecule has 1 aliphatic heterocycles. The molecule has 0 fully saturated rings. The van der Waals surface area contributed by atoms with Crippen LogP contribution < -0.4 is 16.3 Å². The highest BCUT2D eigenvalue weighted by Gasteiger charge is 2.30. The maximum Gasteiger partial charge on any atom is 0.350 e. The minimum absolute atomic E-state index is 0.135. The third-order valence-electron chi connectivity index (χ3n) is 4.97. The van der Waals surface area contributed by atoms with Gasteiger partial charge in [0.2, 0.25) is 0 Å². The molecule has 0 bridgehead atoms. The Hall–Kier alpha value is -3.82. The monoisotopic (exact) mass is 429 g/mol. The Morgan fingerprint density at radius 2 is 1.94 bits per heavy atom. The Labute approximate surface area is 174 Å². The van der Waals surface area contributed by atoms with Crippen LogP contribution in [0.1, 0.15) is 15.9 Å². The fraction of sp³-hybridized carbons (Fsp3) is 0.190. The topological polar surface area (TPSA) is 80.4 Å². The van der Waals surface area contributed by atoms with E-state index in [1.165, 1.54) is 30.5 Å². The van der Waals surface area contributed by atoms with Crippen LogP contribution in [0.25, 0.3) is 5.65 Å². The number of fused-ring (bicyclic) bond motifs is 1. The van der Waals surface area contributed by atoms with Crippen LogP contribution >= 0.6 is 0 Å². The van der Waals surface area contributed by atoms with E-state index < -0.39 is 30.1 Å². The van der Waals surface area contributed by atoms with Gasteiger partial charge in [0.25, 0.3) is 12.3 Å². The fourth-order valence-corrected chi connectivity index (χ4v) is 3.38. The number of alkyl halides is 2. The van der Waals surface area contributed by atoms with Crippen LogP contribution in [0.4, 0.5) is 13.2 Å². The molecule has 7 nitrogen and oxygen atoms in total. The second kappa shape index (κ2) is 8.13. The van der Waals surface area contributed by atoms with Gasteiger partial charge in [-0.05, 0) is 42.1 Å². The van der Waals surface area contributed by atoms with Crippen molar-refractivity contribution in [3.8, 4) is 0 Å². The summed E-state index contributed by atoms with van der Waals surface area (Å²) in [6.45, 7) is -0.691. The molecule has 0 saturated carbocycles. The first-order valence-electron chi connectivity index (χ1n) is 9.42. The molecular formula is C21H18F3N5O2. The zero-order valence-electron chi connectivity index (χ0n) is 16.1. The van der Waals surface area contributed by atoms with E-state index in [4.69, 9.17) is 0 Å². The second-order valence-corrected chi connectivity index (χ2v) is 7.03. The zero-order chi connectivity index (χ0) is 22.0. The van der Waals surface area contributed by atoms with Crippen LogP contribution in [0.5, 0.6) is 0 Å². The summed E-state index contributed by atoms with van der Waals surface area (Å²) < 4.78 is 40.3. The van der Waals surface area contributed by atoms with Crippen LogP contribution in [0, 0.1) is 5.82 Å². The first-order valence-corrected chi connectivity index (χ1v) is 9.42. The predicted molar refractivity (Wildman–Crippen MR) is 107 cm³/mol. The Bertz CT molecular complexity index is 1230. The minimum atomic E-state index is -2.72. The Kier molecular flexibility index (Phi) is 5.37. The molecule has 10 heteroatoms. The van der Waals surface area contributed by atoms with Crippen molar-refractivity contribution in [2.45, 2.75) is 18.5 Å². The molecule has 0 saturated heterocycles. The van der Waals surface area contributed by atoms with Crippen LogP contribution in [-0.4, -0.2) is 33.1 Å². The maximum atomic E-state index is 13.3. The Morgan fingerprint density at radius 1 is 1.16 bits per heavy atom. The van der Waals surface area contributed by atoms with Gasteiger partial charge in [-0.3, -0.25) is 4.79 Å². The highest BCUT2D eigenvalue weighted by molar-refractivity contribution is 5.94. The summed E-state index contributed by atoms with van der Waals surface area (Å²) in [7, 11) is 0. The standard InChI is InChI=1S/C21H18F3N5O2/c22-16-6-4-15(5-7-16)21(9-1-2-10-26-21)13-25-19(30)14-3-8-18-27-29(12-17(23)24)20(31)28(18)11-14/h1-11,17,26H,12-13H2,(H,25,30). The largest absolute Gasteiger partial charge is 0.377 e. The van der Waals surface area contributed by atoms with Gasteiger partial charge in [0.15, 0.2) is 5.65 Å². The SMILES string of the molecule is O=C(NCC1(c2ccc(F)cc2)C=CC=CN1)c1ccc2nn(CC(F)F)c(=O)n2c1. The van der Waals surface area contributed by atoms with E-state index in [0.717, 1.165) is 9.96 Å². The van der Waals surface area contributed by atoms with Crippen LogP contribution in [0.15, 0.2) is 71.8 Å². The van der Waals surface area contributed by atoms with Gasteiger partial charge in [0.05, 0.1) is 11.1 Å². The third-order valence-corrected chi connectivity index (χ3v) is 4.97. The van der Waals surface area contributed by atoms with Gasteiger partial charge < -0.3 is 10.6 Å². The number of nitrogens with one attached hydrogen (secondary N) is 2. The predicted octanol–water partition coefficient (Wildman–Crippen LogP) is 2.20. The van der Waals surface area contributed by atoms with E-state index in [1.54, 1.807) is 24.4 Å². The van der Waals surface area contributed by atoms with Crippen LogP contribution in [0.2, 0.25) is 0 Å². The van der Waals surface area contributed by atoms with Gasteiger partial charge in [0, 0.05) is 12.7 Å². The number of allylic oxidation sites excluding steroid dienone is 2. The lowest BCUT2D eigenvalue weighted by Gasteiger charge is -2.33.